The minimum Gasteiger partial charge on any atom is -0.373 e. The second-order valence-corrected chi connectivity index (χ2v) is 6.18. The molecule has 0 N–H and O–H groups in total. The van der Waals surface area contributed by atoms with Crippen LogP contribution in [-0.2, 0) is 4.74 Å². The predicted octanol–water partition coefficient (Wildman–Crippen LogP) is 1.18. The van der Waals surface area contributed by atoms with Gasteiger partial charge in [0.2, 0.25) is 5.13 Å². The number of aromatic nitrogens is 2. The highest BCUT2D eigenvalue weighted by Gasteiger charge is 2.39. The van der Waals surface area contributed by atoms with Gasteiger partial charge in [0, 0.05) is 37.1 Å². The quantitative estimate of drug-likeness (QED) is 0.805. The Hall–Kier alpha value is -0.720. The molecule has 2 atom stereocenters. The van der Waals surface area contributed by atoms with E-state index in [2.05, 4.69) is 40.1 Å². The Kier molecular flexibility index (Phi) is 3.25. The molecular weight excluding hydrogens is 248 g/mol. The summed E-state index contributed by atoms with van der Waals surface area (Å²) in [7, 11) is 2.18. The molecule has 2 fully saturated rings. The Balaban J connectivity index is 1.74. The SMILES string of the molecule is CC(C)c1nsc(N2CC3OCCN(C)C3C2)n1. The van der Waals surface area contributed by atoms with Crippen LogP contribution in [0.5, 0.6) is 0 Å². The molecule has 2 aliphatic heterocycles. The topological polar surface area (TPSA) is 41.5 Å². The highest BCUT2D eigenvalue weighted by molar-refractivity contribution is 7.09. The van der Waals surface area contributed by atoms with Crippen molar-refractivity contribution in [2.24, 2.45) is 0 Å². The monoisotopic (exact) mass is 268 g/mol. The van der Waals surface area contributed by atoms with Crippen molar-refractivity contribution in [1.29, 1.82) is 0 Å². The molecule has 0 saturated carbocycles. The molecule has 2 saturated heterocycles. The maximum Gasteiger partial charge on any atom is 0.205 e. The van der Waals surface area contributed by atoms with Crippen molar-refractivity contribution in [3.05, 3.63) is 5.82 Å². The van der Waals surface area contributed by atoms with Crippen molar-refractivity contribution in [1.82, 2.24) is 14.3 Å². The van der Waals surface area contributed by atoms with Crippen molar-refractivity contribution >= 4 is 16.7 Å². The minimum absolute atomic E-state index is 0.329. The van der Waals surface area contributed by atoms with E-state index in [1.54, 1.807) is 0 Å². The summed E-state index contributed by atoms with van der Waals surface area (Å²) in [6.45, 7) is 8.09. The number of likely N-dealkylation sites (N-methyl/N-ethyl adjacent to an activating group) is 1. The molecule has 100 valence electrons. The summed E-state index contributed by atoms with van der Waals surface area (Å²) in [4.78, 5) is 9.36. The molecule has 5 nitrogen and oxygen atoms in total. The van der Waals surface area contributed by atoms with Crippen LogP contribution in [0.1, 0.15) is 25.6 Å². The lowest BCUT2D eigenvalue weighted by Crippen LogP contribution is -2.48. The molecule has 18 heavy (non-hydrogen) atoms. The van der Waals surface area contributed by atoms with E-state index in [1.165, 1.54) is 11.5 Å². The largest absolute Gasteiger partial charge is 0.373 e. The van der Waals surface area contributed by atoms with Crippen molar-refractivity contribution in [3.63, 3.8) is 0 Å². The lowest BCUT2D eigenvalue weighted by molar-refractivity contribution is -0.0362. The summed E-state index contributed by atoms with van der Waals surface area (Å²) >= 11 is 1.51. The van der Waals surface area contributed by atoms with E-state index in [0.717, 1.165) is 37.2 Å². The Morgan fingerprint density at radius 1 is 1.39 bits per heavy atom. The molecule has 0 aromatic carbocycles. The summed E-state index contributed by atoms with van der Waals surface area (Å²) in [6, 6.07) is 0.505. The average Bonchev–Trinajstić information content (AvgIpc) is 2.95. The first-order valence-electron chi connectivity index (χ1n) is 6.55. The van der Waals surface area contributed by atoms with Crippen molar-refractivity contribution in [3.8, 4) is 0 Å². The fourth-order valence-electron chi connectivity index (χ4n) is 2.60. The van der Waals surface area contributed by atoms with E-state index in [-0.39, 0.29) is 0 Å². The Labute approximate surface area is 112 Å². The summed E-state index contributed by atoms with van der Waals surface area (Å²) in [5, 5.41) is 1.05. The van der Waals surface area contributed by atoms with Crippen molar-refractivity contribution < 1.29 is 4.74 Å². The van der Waals surface area contributed by atoms with Gasteiger partial charge in [-0.05, 0) is 7.05 Å². The lowest BCUT2D eigenvalue weighted by atomic mass is 10.1. The third kappa shape index (κ3) is 2.13. The fourth-order valence-corrected chi connectivity index (χ4v) is 3.43. The average molecular weight is 268 g/mol. The molecule has 3 rings (SSSR count). The van der Waals surface area contributed by atoms with E-state index < -0.39 is 0 Å². The zero-order valence-corrected chi connectivity index (χ0v) is 12.0. The van der Waals surface area contributed by atoms with Gasteiger partial charge in [0.15, 0.2) is 0 Å². The van der Waals surface area contributed by atoms with Gasteiger partial charge in [-0.15, -0.1) is 0 Å². The molecule has 0 radical (unpaired) electrons. The first kappa shape index (κ1) is 12.3. The van der Waals surface area contributed by atoms with Crippen LogP contribution in [-0.4, -0.2) is 59.7 Å². The van der Waals surface area contributed by atoms with Crippen LogP contribution in [0.3, 0.4) is 0 Å². The zero-order chi connectivity index (χ0) is 12.7. The van der Waals surface area contributed by atoms with E-state index in [4.69, 9.17) is 4.74 Å². The third-order valence-corrected chi connectivity index (χ3v) is 4.59. The standard InChI is InChI=1S/C12H20N4OS/c1-8(2)11-13-12(18-14-11)16-6-9-10(7-16)17-5-4-15(9)3/h8-10H,4-7H2,1-3H3. The van der Waals surface area contributed by atoms with Crippen LogP contribution in [0.25, 0.3) is 0 Å². The number of fused-ring (bicyclic) bond motifs is 1. The van der Waals surface area contributed by atoms with Gasteiger partial charge >= 0.3 is 0 Å². The molecule has 0 spiro atoms. The van der Waals surface area contributed by atoms with E-state index in [1.807, 2.05) is 0 Å². The predicted molar refractivity (Wildman–Crippen MR) is 72.4 cm³/mol. The van der Waals surface area contributed by atoms with E-state index in [0.29, 0.717) is 18.1 Å². The van der Waals surface area contributed by atoms with Gasteiger partial charge in [-0.1, -0.05) is 13.8 Å². The number of ether oxygens (including phenoxy) is 1. The Morgan fingerprint density at radius 3 is 2.89 bits per heavy atom. The molecule has 1 aromatic heterocycles. The first-order chi connectivity index (χ1) is 8.65. The number of nitrogens with zero attached hydrogens (tertiary/aromatic N) is 4. The number of hydrogen-bond donors (Lipinski definition) is 0. The molecule has 3 heterocycles. The second-order valence-electron chi connectivity index (χ2n) is 5.45. The van der Waals surface area contributed by atoms with Gasteiger partial charge in [-0.3, -0.25) is 4.90 Å². The van der Waals surface area contributed by atoms with Gasteiger partial charge < -0.3 is 9.64 Å². The molecule has 2 unspecified atom stereocenters. The van der Waals surface area contributed by atoms with E-state index in [9.17, 15) is 0 Å². The zero-order valence-electron chi connectivity index (χ0n) is 11.2. The maximum absolute atomic E-state index is 5.85. The number of morpholine rings is 1. The van der Waals surface area contributed by atoms with Gasteiger partial charge in [-0.2, -0.15) is 4.37 Å². The molecule has 0 bridgehead atoms. The highest BCUT2D eigenvalue weighted by Crippen LogP contribution is 2.28. The molecule has 0 amide bonds. The van der Waals surface area contributed by atoms with Gasteiger partial charge in [0.05, 0.1) is 18.8 Å². The van der Waals surface area contributed by atoms with E-state index >= 15 is 0 Å². The molecular formula is C12H20N4OS. The number of rotatable bonds is 2. The first-order valence-corrected chi connectivity index (χ1v) is 7.33. The summed E-state index contributed by atoms with van der Waals surface area (Å²) in [5.41, 5.74) is 0. The lowest BCUT2D eigenvalue weighted by Gasteiger charge is -2.33. The van der Waals surface area contributed by atoms with Crippen molar-refractivity contribution in [2.75, 3.05) is 38.2 Å². The third-order valence-electron chi connectivity index (χ3n) is 3.80. The normalized spacial score (nSPS) is 29.0. The highest BCUT2D eigenvalue weighted by atomic mass is 32.1. The summed E-state index contributed by atoms with van der Waals surface area (Å²) in [5.74, 6) is 1.36. The van der Waals surface area contributed by atoms with Crippen LogP contribution >= 0.6 is 11.5 Å². The Morgan fingerprint density at radius 2 is 2.22 bits per heavy atom. The molecule has 1 aromatic rings. The van der Waals surface area contributed by atoms with Crippen LogP contribution in [0.4, 0.5) is 5.13 Å². The number of anilines is 1. The smallest absolute Gasteiger partial charge is 0.205 e. The molecule has 2 aliphatic rings. The molecule has 0 aliphatic carbocycles. The van der Waals surface area contributed by atoms with Crippen LogP contribution < -0.4 is 4.90 Å². The minimum atomic E-state index is 0.329. The number of hydrogen-bond acceptors (Lipinski definition) is 6. The fraction of sp³-hybridized carbons (Fsp3) is 0.833. The van der Waals surface area contributed by atoms with Crippen LogP contribution in [0.2, 0.25) is 0 Å². The van der Waals surface area contributed by atoms with Crippen molar-refractivity contribution in [2.45, 2.75) is 31.9 Å². The second kappa shape index (κ2) is 4.75. The summed E-state index contributed by atoms with van der Waals surface area (Å²) < 4.78 is 10.3. The van der Waals surface area contributed by atoms with Gasteiger partial charge in [0.1, 0.15) is 5.82 Å². The maximum atomic E-state index is 5.85. The van der Waals surface area contributed by atoms with Crippen LogP contribution in [0, 0.1) is 0 Å². The summed E-state index contributed by atoms with van der Waals surface area (Å²) in [6.07, 6.45) is 0.329. The Bertz CT molecular complexity index is 422. The molecule has 6 heteroatoms. The van der Waals surface area contributed by atoms with Gasteiger partial charge in [-0.25, -0.2) is 4.98 Å². The van der Waals surface area contributed by atoms with Gasteiger partial charge in [0.25, 0.3) is 0 Å². The van der Waals surface area contributed by atoms with Crippen LogP contribution in [0.15, 0.2) is 0 Å².